The molecule has 0 saturated heterocycles. The van der Waals surface area contributed by atoms with Crippen LogP contribution in [-0.2, 0) is 0 Å². The SMILES string of the molecule is Cc1ccc(C(C)NCC2CCC(C)C2)cc1C. The van der Waals surface area contributed by atoms with E-state index in [1.165, 1.54) is 42.5 Å². The number of hydrogen-bond donors (Lipinski definition) is 1. The summed E-state index contributed by atoms with van der Waals surface area (Å²) in [5, 5.41) is 3.71. The molecular formula is C17H27N. The van der Waals surface area contributed by atoms with Gasteiger partial charge >= 0.3 is 0 Å². The molecule has 1 heteroatoms. The number of nitrogens with one attached hydrogen (secondary N) is 1. The third-order valence-electron chi connectivity index (χ3n) is 4.55. The van der Waals surface area contributed by atoms with Crippen molar-refractivity contribution in [3.8, 4) is 0 Å². The van der Waals surface area contributed by atoms with Gasteiger partial charge in [-0.05, 0) is 68.7 Å². The molecule has 0 bridgehead atoms. The fourth-order valence-electron chi connectivity index (χ4n) is 3.01. The van der Waals surface area contributed by atoms with E-state index in [0.717, 1.165) is 11.8 Å². The van der Waals surface area contributed by atoms with Crippen molar-refractivity contribution in [2.45, 2.75) is 53.0 Å². The lowest BCUT2D eigenvalue weighted by Crippen LogP contribution is -2.24. The van der Waals surface area contributed by atoms with Crippen LogP contribution in [0.2, 0.25) is 0 Å². The molecule has 1 N–H and O–H groups in total. The first-order valence-electron chi connectivity index (χ1n) is 7.36. The molecule has 3 unspecified atom stereocenters. The maximum Gasteiger partial charge on any atom is 0.0292 e. The molecule has 0 spiro atoms. The Morgan fingerprint density at radius 1 is 1.22 bits per heavy atom. The van der Waals surface area contributed by atoms with Crippen LogP contribution in [0.5, 0.6) is 0 Å². The highest BCUT2D eigenvalue weighted by molar-refractivity contribution is 5.31. The van der Waals surface area contributed by atoms with Crippen molar-refractivity contribution in [2.75, 3.05) is 6.54 Å². The number of benzene rings is 1. The first-order chi connectivity index (χ1) is 8.56. The summed E-state index contributed by atoms with van der Waals surface area (Å²) in [6, 6.07) is 7.29. The quantitative estimate of drug-likeness (QED) is 0.829. The lowest BCUT2D eigenvalue weighted by atomic mass is 10.0. The molecule has 1 aromatic carbocycles. The van der Waals surface area contributed by atoms with E-state index in [0.29, 0.717) is 6.04 Å². The van der Waals surface area contributed by atoms with E-state index in [4.69, 9.17) is 0 Å². The van der Waals surface area contributed by atoms with Crippen molar-refractivity contribution in [1.29, 1.82) is 0 Å². The maximum atomic E-state index is 3.71. The predicted octanol–water partition coefficient (Wildman–Crippen LogP) is 4.39. The van der Waals surface area contributed by atoms with Crippen LogP contribution < -0.4 is 5.32 Å². The summed E-state index contributed by atoms with van der Waals surface area (Å²) in [5.74, 6) is 1.84. The van der Waals surface area contributed by atoms with Gasteiger partial charge in [0.15, 0.2) is 0 Å². The molecule has 1 nitrogen and oxygen atoms in total. The molecule has 1 aromatic rings. The molecule has 0 aromatic heterocycles. The van der Waals surface area contributed by atoms with Crippen LogP contribution in [0, 0.1) is 25.7 Å². The standard InChI is InChI=1S/C17H27N/c1-12-5-7-16(9-12)11-18-15(4)17-8-6-13(2)14(3)10-17/h6,8,10,12,15-16,18H,5,7,9,11H2,1-4H3. The molecule has 100 valence electrons. The summed E-state index contributed by atoms with van der Waals surface area (Å²) >= 11 is 0. The highest BCUT2D eigenvalue weighted by Gasteiger charge is 2.21. The van der Waals surface area contributed by atoms with Gasteiger partial charge in [0.1, 0.15) is 0 Å². The third kappa shape index (κ3) is 3.35. The van der Waals surface area contributed by atoms with Crippen LogP contribution in [-0.4, -0.2) is 6.54 Å². The summed E-state index contributed by atoms with van der Waals surface area (Å²) < 4.78 is 0. The van der Waals surface area contributed by atoms with Gasteiger partial charge in [0.25, 0.3) is 0 Å². The van der Waals surface area contributed by atoms with Gasteiger partial charge in [-0.1, -0.05) is 31.5 Å². The first kappa shape index (κ1) is 13.6. The summed E-state index contributed by atoms with van der Waals surface area (Å²) in [5.41, 5.74) is 4.20. The van der Waals surface area contributed by atoms with E-state index in [1.807, 2.05) is 0 Å². The van der Waals surface area contributed by atoms with Crippen molar-refractivity contribution in [3.63, 3.8) is 0 Å². The second-order valence-corrected chi connectivity index (χ2v) is 6.26. The average Bonchev–Trinajstić information content (AvgIpc) is 2.75. The van der Waals surface area contributed by atoms with Crippen LogP contribution in [0.3, 0.4) is 0 Å². The molecule has 1 aliphatic rings. The van der Waals surface area contributed by atoms with Gasteiger partial charge in [0.2, 0.25) is 0 Å². The van der Waals surface area contributed by atoms with E-state index in [-0.39, 0.29) is 0 Å². The molecule has 1 saturated carbocycles. The molecule has 1 aliphatic carbocycles. The monoisotopic (exact) mass is 245 g/mol. The van der Waals surface area contributed by atoms with Crippen molar-refractivity contribution < 1.29 is 0 Å². The Labute approximate surface area is 112 Å². The van der Waals surface area contributed by atoms with Crippen LogP contribution in [0.4, 0.5) is 0 Å². The average molecular weight is 245 g/mol. The first-order valence-corrected chi connectivity index (χ1v) is 7.36. The highest BCUT2D eigenvalue weighted by atomic mass is 14.9. The zero-order valence-corrected chi connectivity index (χ0v) is 12.3. The van der Waals surface area contributed by atoms with E-state index in [9.17, 15) is 0 Å². The molecular weight excluding hydrogens is 218 g/mol. The number of hydrogen-bond acceptors (Lipinski definition) is 1. The van der Waals surface area contributed by atoms with Crippen LogP contribution in [0.15, 0.2) is 18.2 Å². The normalized spacial score (nSPS) is 25.3. The molecule has 3 atom stereocenters. The second-order valence-electron chi connectivity index (χ2n) is 6.26. The van der Waals surface area contributed by atoms with Crippen molar-refractivity contribution in [3.05, 3.63) is 34.9 Å². The van der Waals surface area contributed by atoms with E-state index in [1.54, 1.807) is 0 Å². The van der Waals surface area contributed by atoms with E-state index >= 15 is 0 Å². The van der Waals surface area contributed by atoms with Gasteiger partial charge < -0.3 is 5.32 Å². The maximum absolute atomic E-state index is 3.71. The summed E-state index contributed by atoms with van der Waals surface area (Å²) in [4.78, 5) is 0. The molecule has 1 fully saturated rings. The minimum Gasteiger partial charge on any atom is -0.310 e. The van der Waals surface area contributed by atoms with Crippen molar-refractivity contribution in [1.82, 2.24) is 5.32 Å². The zero-order chi connectivity index (χ0) is 13.1. The van der Waals surface area contributed by atoms with Gasteiger partial charge in [-0.2, -0.15) is 0 Å². The molecule has 0 amide bonds. The fraction of sp³-hybridized carbons (Fsp3) is 0.647. The third-order valence-corrected chi connectivity index (χ3v) is 4.55. The lowest BCUT2D eigenvalue weighted by Gasteiger charge is -2.18. The summed E-state index contributed by atoms with van der Waals surface area (Å²) in [7, 11) is 0. The Kier molecular flexibility index (Phi) is 4.45. The van der Waals surface area contributed by atoms with Gasteiger partial charge in [-0.3, -0.25) is 0 Å². The van der Waals surface area contributed by atoms with Crippen molar-refractivity contribution in [2.24, 2.45) is 11.8 Å². The lowest BCUT2D eigenvalue weighted by molar-refractivity contribution is 0.440. The van der Waals surface area contributed by atoms with Gasteiger partial charge in [0.05, 0.1) is 0 Å². The van der Waals surface area contributed by atoms with Gasteiger partial charge in [-0.15, -0.1) is 0 Å². The largest absolute Gasteiger partial charge is 0.310 e. The zero-order valence-electron chi connectivity index (χ0n) is 12.3. The Hall–Kier alpha value is -0.820. The van der Waals surface area contributed by atoms with E-state index in [2.05, 4.69) is 51.2 Å². The topological polar surface area (TPSA) is 12.0 Å². The summed E-state index contributed by atoms with van der Waals surface area (Å²) in [6.07, 6.45) is 4.24. The minimum atomic E-state index is 0.472. The summed E-state index contributed by atoms with van der Waals surface area (Å²) in [6.45, 7) is 10.2. The van der Waals surface area contributed by atoms with Crippen LogP contribution in [0.1, 0.15) is 55.8 Å². The Balaban J connectivity index is 1.87. The van der Waals surface area contributed by atoms with Crippen LogP contribution in [0.25, 0.3) is 0 Å². The van der Waals surface area contributed by atoms with E-state index < -0.39 is 0 Å². The molecule has 18 heavy (non-hydrogen) atoms. The molecule has 2 rings (SSSR count). The number of rotatable bonds is 4. The Bertz CT molecular complexity index is 397. The Morgan fingerprint density at radius 2 is 2.00 bits per heavy atom. The molecule has 0 radical (unpaired) electrons. The smallest absolute Gasteiger partial charge is 0.0292 e. The second kappa shape index (κ2) is 5.88. The molecule has 0 aliphatic heterocycles. The van der Waals surface area contributed by atoms with Crippen molar-refractivity contribution >= 4 is 0 Å². The van der Waals surface area contributed by atoms with Gasteiger partial charge in [-0.25, -0.2) is 0 Å². The Morgan fingerprint density at radius 3 is 2.61 bits per heavy atom. The molecule has 0 heterocycles. The van der Waals surface area contributed by atoms with Crippen LogP contribution >= 0.6 is 0 Å². The predicted molar refractivity (Wildman–Crippen MR) is 78.8 cm³/mol. The minimum absolute atomic E-state index is 0.472. The van der Waals surface area contributed by atoms with Gasteiger partial charge in [0, 0.05) is 6.04 Å². The fourth-order valence-corrected chi connectivity index (χ4v) is 3.01. The highest BCUT2D eigenvalue weighted by Crippen LogP contribution is 2.30. The number of aryl methyl sites for hydroxylation is 2.